The number of piperidine rings is 1. The number of nitrogens with zero attached hydrogens (tertiary/aromatic N) is 1. The molecule has 1 aromatic heterocycles. The molecule has 4 aromatic rings. The van der Waals surface area contributed by atoms with Gasteiger partial charge in [0.05, 0.1) is 46.0 Å². The van der Waals surface area contributed by atoms with Gasteiger partial charge in [-0.25, -0.2) is 9.59 Å². The normalized spacial score (nSPS) is 21.6. The molecule has 1 saturated heterocycles. The fraction of sp³-hybridized carbons (Fsp3) is 0.410. The first kappa shape index (κ1) is 39.0. The van der Waals surface area contributed by atoms with Gasteiger partial charge in [0, 0.05) is 52.9 Å². The Morgan fingerprint density at radius 1 is 0.833 bits per heavy atom. The summed E-state index contributed by atoms with van der Waals surface area (Å²) < 4.78 is 38.4. The van der Waals surface area contributed by atoms with E-state index >= 15 is 0 Å². The van der Waals surface area contributed by atoms with Gasteiger partial charge in [-0.15, -0.1) is 0 Å². The molecule has 0 bridgehead atoms. The molecule has 288 valence electrons. The first-order chi connectivity index (χ1) is 26.1. The minimum Gasteiger partial charge on any atom is -0.497 e. The van der Waals surface area contributed by atoms with Gasteiger partial charge in [0.15, 0.2) is 11.5 Å². The Kier molecular flexibility index (Phi) is 12.1. The van der Waals surface area contributed by atoms with Crippen LogP contribution in [0.3, 0.4) is 0 Å². The number of methoxy groups -OCH3 is 4. The Balaban J connectivity index is 0.00000245. The lowest BCUT2D eigenvalue weighted by molar-refractivity contribution is -0.155. The van der Waals surface area contributed by atoms with Crippen molar-refractivity contribution >= 4 is 52.2 Å². The van der Waals surface area contributed by atoms with E-state index in [4.69, 9.17) is 61.5 Å². The molecule has 3 unspecified atom stereocenters. The van der Waals surface area contributed by atoms with Crippen molar-refractivity contribution in [2.24, 2.45) is 17.8 Å². The zero-order valence-corrected chi connectivity index (χ0v) is 32.0. The number of benzene rings is 3. The highest BCUT2D eigenvalue weighted by molar-refractivity contribution is 6.34. The van der Waals surface area contributed by atoms with Crippen molar-refractivity contribution < 1.29 is 52.6 Å². The molecule has 2 N–H and O–H groups in total. The maximum atomic E-state index is 13.7. The van der Waals surface area contributed by atoms with Crippen LogP contribution in [0.25, 0.3) is 10.9 Å². The van der Waals surface area contributed by atoms with Gasteiger partial charge < -0.3 is 43.2 Å². The van der Waals surface area contributed by atoms with Crippen LogP contribution >= 0.6 is 23.2 Å². The smallest absolute Gasteiger partial charge is 0.497 e. The number of aromatic amines is 1. The number of ether oxygens (including phenoxy) is 7. The third kappa shape index (κ3) is 7.90. The Bertz CT molecular complexity index is 1990. The summed E-state index contributed by atoms with van der Waals surface area (Å²) in [7, 11) is 6.77. The van der Waals surface area contributed by atoms with E-state index in [2.05, 4.69) is 16.0 Å². The molecule has 2 fully saturated rings. The molecule has 5 atom stereocenters. The van der Waals surface area contributed by atoms with Crippen molar-refractivity contribution in [1.29, 1.82) is 0 Å². The molecule has 0 spiro atoms. The van der Waals surface area contributed by atoms with E-state index in [0.717, 1.165) is 44.3 Å². The minimum atomic E-state index is -1.11. The summed E-state index contributed by atoms with van der Waals surface area (Å²) in [5.74, 6) is -0.420. The number of nitrogens with one attached hydrogen (secondary N) is 1. The molecule has 1 saturated carbocycles. The standard InChI is InChI=1S/C38H38Cl2N2O10.CH4O/c1-46-23-5-6-26-27-7-8-42-18-20-9-24(15-29(37(44)49-4)28(20)17-31(42)34(27)41-30(26)16-23)50-36(43)19-10-32(47-2)35(33(11-19)48-3)52-38(45)51-25-13-21(39)12-22(40)14-25;1-2/h5-6,10-14,16,20,24,28-29,31,41H,7-9,15,17-18H2,1-4H3;2H,1H3/t20-,24?,28+,29?,31?;/m1./s1. The van der Waals surface area contributed by atoms with Crippen LogP contribution in [-0.2, 0) is 20.7 Å². The second-order valence-electron chi connectivity index (χ2n) is 13.2. The monoisotopic (exact) mass is 784 g/mol. The zero-order chi connectivity index (χ0) is 38.7. The third-order valence-corrected chi connectivity index (χ3v) is 10.9. The van der Waals surface area contributed by atoms with Crippen LogP contribution in [0.4, 0.5) is 4.79 Å². The molecule has 2 aliphatic heterocycles. The van der Waals surface area contributed by atoms with E-state index in [9.17, 15) is 14.4 Å². The van der Waals surface area contributed by atoms with Crippen molar-refractivity contribution in [2.45, 2.75) is 37.8 Å². The van der Waals surface area contributed by atoms with Gasteiger partial charge in [0.1, 0.15) is 17.6 Å². The Morgan fingerprint density at radius 2 is 1.54 bits per heavy atom. The van der Waals surface area contributed by atoms with E-state index in [-0.39, 0.29) is 62.5 Å². The summed E-state index contributed by atoms with van der Waals surface area (Å²) in [5.41, 5.74) is 3.67. The van der Waals surface area contributed by atoms with E-state index in [1.54, 1.807) is 7.11 Å². The van der Waals surface area contributed by atoms with Crippen LogP contribution < -0.4 is 23.7 Å². The van der Waals surface area contributed by atoms with Crippen molar-refractivity contribution in [3.05, 3.63) is 75.4 Å². The summed E-state index contributed by atoms with van der Waals surface area (Å²) in [5, 5.41) is 8.74. The molecule has 3 aromatic carbocycles. The van der Waals surface area contributed by atoms with Crippen molar-refractivity contribution in [3.8, 4) is 28.7 Å². The molecule has 15 heteroatoms. The number of aliphatic hydroxyl groups excluding tert-OH is 1. The van der Waals surface area contributed by atoms with Crippen LogP contribution in [0.1, 0.15) is 46.9 Å². The van der Waals surface area contributed by atoms with Crippen molar-refractivity contribution in [2.75, 3.05) is 48.6 Å². The van der Waals surface area contributed by atoms with Gasteiger partial charge in [0.2, 0.25) is 5.75 Å². The second kappa shape index (κ2) is 16.8. The predicted octanol–water partition coefficient (Wildman–Crippen LogP) is 7.03. The fourth-order valence-corrected chi connectivity index (χ4v) is 8.67. The summed E-state index contributed by atoms with van der Waals surface area (Å²) in [6, 6.07) is 13.3. The highest BCUT2D eigenvalue weighted by Gasteiger charge is 2.49. The SMILES string of the molecule is CO.COC(=O)C1CC(OC(=O)c2cc(OC)c(OC(=O)Oc3cc(Cl)cc(Cl)c3)c(OC)c2)C[C@@H]2CN3CCc4c([nH]c5cc(OC)ccc45)C3C[C@H]12. The summed E-state index contributed by atoms with van der Waals surface area (Å²) in [6.07, 6.45) is 0.967. The molecule has 7 rings (SSSR count). The topological polar surface area (TPSA) is 155 Å². The quantitative estimate of drug-likeness (QED) is 0.139. The highest BCUT2D eigenvalue weighted by atomic mass is 35.5. The first-order valence-electron chi connectivity index (χ1n) is 17.4. The molecular weight excluding hydrogens is 743 g/mol. The van der Waals surface area contributed by atoms with Gasteiger partial charge in [-0.2, -0.15) is 0 Å². The number of carbonyl (C=O) groups is 3. The maximum Gasteiger partial charge on any atom is 0.519 e. The van der Waals surface area contributed by atoms with Gasteiger partial charge in [0.25, 0.3) is 0 Å². The number of aliphatic hydroxyl groups is 1. The predicted molar refractivity (Wildman–Crippen MR) is 199 cm³/mol. The van der Waals surface area contributed by atoms with Crippen LogP contribution in [0, 0.1) is 17.8 Å². The maximum absolute atomic E-state index is 13.7. The number of carbonyl (C=O) groups excluding carboxylic acids is 3. The molecule has 0 radical (unpaired) electrons. The van der Waals surface area contributed by atoms with E-state index in [1.165, 1.54) is 68.3 Å². The number of hydrogen-bond acceptors (Lipinski definition) is 12. The number of aromatic nitrogens is 1. The fourth-order valence-electron chi connectivity index (χ4n) is 8.16. The van der Waals surface area contributed by atoms with Crippen LogP contribution in [0.5, 0.6) is 28.7 Å². The van der Waals surface area contributed by atoms with E-state index < -0.39 is 24.1 Å². The van der Waals surface area contributed by atoms with Crippen molar-refractivity contribution in [3.63, 3.8) is 0 Å². The summed E-state index contributed by atoms with van der Waals surface area (Å²) in [6.45, 7) is 1.65. The number of hydrogen-bond donors (Lipinski definition) is 2. The number of H-pyrrole nitrogens is 1. The molecule has 13 nitrogen and oxygen atoms in total. The van der Waals surface area contributed by atoms with Crippen molar-refractivity contribution in [1.82, 2.24) is 9.88 Å². The summed E-state index contributed by atoms with van der Waals surface area (Å²) >= 11 is 12.0. The molecule has 1 aliphatic carbocycles. The Morgan fingerprint density at radius 3 is 2.19 bits per heavy atom. The first-order valence-corrected chi connectivity index (χ1v) is 18.1. The Labute approximate surface area is 322 Å². The number of fused-ring (bicyclic) bond motifs is 6. The van der Waals surface area contributed by atoms with Crippen LogP contribution in [0.15, 0.2) is 48.5 Å². The largest absolute Gasteiger partial charge is 0.519 e. The lowest BCUT2D eigenvalue weighted by atomic mass is 9.65. The highest BCUT2D eigenvalue weighted by Crippen LogP contribution is 2.50. The number of halogens is 2. The molecule has 0 amide bonds. The average molecular weight is 786 g/mol. The Hall–Kier alpha value is -4.69. The van der Waals surface area contributed by atoms with Crippen LogP contribution in [0.2, 0.25) is 10.0 Å². The van der Waals surface area contributed by atoms with Gasteiger partial charge in [-0.1, -0.05) is 23.2 Å². The number of esters is 2. The van der Waals surface area contributed by atoms with E-state index in [0.29, 0.717) is 12.8 Å². The average Bonchev–Trinajstić information content (AvgIpc) is 3.55. The molecular formula is C39H42Cl2N2O11. The zero-order valence-electron chi connectivity index (χ0n) is 30.5. The molecule has 3 aliphatic rings. The van der Waals surface area contributed by atoms with Gasteiger partial charge in [-0.3, -0.25) is 9.69 Å². The lowest BCUT2D eigenvalue weighted by Gasteiger charge is -2.51. The van der Waals surface area contributed by atoms with E-state index in [1.807, 2.05) is 12.1 Å². The summed E-state index contributed by atoms with van der Waals surface area (Å²) in [4.78, 5) is 45.8. The minimum absolute atomic E-state index is 0.0294. The van der Waals surface area contributed by atoms with Gasteiger partial charge >= 0.3 is 18.1 Å². The van der Waals surface area contributed by atoms with Gasteiger partial charge in [-0.05, 0) is 85.5 Å². The van der Waals surface area contributed by atoms with Crippen LogP contribution in [-0.4, -0.2) is 87.8 Å². The second-order valence-corrected chi connectivity index (χ2v) is 14.1. The molecule has 3 heterocycles. The number of rotatable bonds is 8. The lowest BCUT2D eigenvalue weighted by Crippen LogP contribution is -2.52. The molecule has 54 heavy (non-hydrogen) atoms. The third-order valence-electron chi connectivity index (χ3n) is 10.4.